The molecule has 0 saturated heterocycles. The van der Waals surface area contributed by atoms with E-state index >= 15 is 0 Å². The predicted molar refractivity (Wildman–Crippen MR) is 115 cm³/mol. The summed E-state index contributed by atoms with van der Waals surface area (Å²) in [4.78, 5) is 51.4. The number of aryl methyl sites for hydroxylation is 1. The molecule has 9 heteroatoms. The Hall–Kier alpha value is -4.71. The molecule has 0 radical (unpaired) electrons. The lowest BCUT2D eigenvalue weighted by Gasteiger charge is -2.13. The number of fused-ring (bicyclic) bond motifs is 1. The van der Waals surface area contributed by atoms with Gasteiger partial charge in [0, 0.05) is 5.56 Å². The number of carbonyl (C=O) groups is 4. The van der Waals surface area contributed by atoms with Crippen LogP contribution in [0.1, 0.15) is 58.3 Å². The minimum absolute atomic E-state index is 0.0778. The van der Waals surface area contributed by atoms with E-state index in [9.17, 15) is 24.4 Å². The fourth-order valence-electron chi connectivity index (χ4n) is 3.60. The minimum Gasteiger partial charge on any atom is -0.465 e. The maximum Gasteiger partial charge on any atom is 0.342 e. The van der Waals surface area contributed by atoms with Gasteiger partial charge in [-0.15, -0.1) is 0 Å². The Morgan fingerprint density at radius 2 is 1.79 bits per heavy atom. The Labute approximate surface area is 188 Å². The Morgan fingerprint density at radius 3 is 2.45 bits per heavy atom. The fraction of sp³-hybridized carbons (Fsp3) is 0.125. The molecule has 3 aromatic rings. The van der Waals surface area contributed by atoms with Crippen LogP contribution in [0.25, 0.3) is 0 Å². The molecule has 0 spiro atoms. The summed E-state index contributed by atoms with van der Waals surface area (Å²) in [6, 6.07) is 15.0. The van der Waals surface area contributed by atoms with Crippen molar-refractivity contribution >= 4 is 29.6 Å². The van der Waals surface area contributed by atoms with Crippen LogP contribution in [0.2, 0.25) is 0 Å². The number of hydrogen-bond acceptors (Lipinski definition) is 7. The molecular weight excluding hydrogens is 426 g/mol. The van der Waals surface area contributed by atoms with Crippen molar-refractivity contribution < 1.29 is 28.3 Å². The van der Waals surface area contributed by atoms with E-state index in [-0.39, 0.29) is 46.0 Å². The number of nitriles is 1. The van der Waals surface area contributed by atoms with Gasteiger partial charge in [-0.3, -0.25) is 24.6 Å². The second-order valence-corrected chi connectivity index (χ2v) is 7.24. The first kappa shape index (κ1) is 21.5. The van der Waals surface area contributed by atoms with Crippen LogP contribution in [-0.4, -0.2) is 35.7 Å². The van der Waals surface area contributed by atoms with Gasteiger partial charge in [-0.05, 0) is 30.7 Å². The zero-order valence-electron chi connectivity index (χ0n) is 17.7. The number of carbonyl (C=O) groups excluding carboxylic acids is 4. The highest BCUT2D eigenvalue weighted by molar-refractivity contribution is 6.22. The highest BCUT2D eigenvalue weighted by atomic mass is 16.5. The molecule has 0 fully saturated rings. The molecule has 0 bridgehead atoms. The van der Waals surface area contributed by atoms with Gasteiger partial charge in [0.25, 0.3) is 17.7 Å². The molecule has 4 rings (SSSR count). The second-order valence-electron chi connectivity index (χ2n) is 7.24. The lowest BCUT2D eigenvalue weighted by Crippen LogP contribution is -2.29. The Morgan fingerprint density at radius 1 is 1.09 bits per heavy atom. The average Bonchev–Trinajstić information content (AvgIpc) is 3.26. The average molecular weight is 443 g/mol. The van der Waals surface area contributed by atoms with Crippen molar-refractivity contribution in [2.45, 2.75) is 13.5 Å². The molecule has 1 aliphatic rings. The molecule has 0 aliphatic carbocycles. The third-order valence-corrected chi connectivity index (χ3v) is 5.23. The number of nitrogens with zero attached hydrogens (tertiary/aromatic N) is 2. The lowest BCUT2D eigenvalue weighted by atomic mass is 10.1. The molecule has 0 atom stereocenters. The molecule has 164 valence electrons. The summed E-state index contributed by atoms with van der Waals surface area (Å²) >= 11 is 0. The quantitative estimate of drug-likeness (QED) is 0.473. The number of anilines is 1. The van der Waals surface area contributed by atoms with Crippen molar-refractivity contribution in [2.75, 3.05) is 12.4 Å². The third-order valence-electron chi connectivity index (χ3n) is 5.23. The molecule has 1 N–H and O–H groups in total. The monoisotopic (exact) mass is 443 g/mol. The van der Waals surface area contributed by atoms with Gasteiger partial charge in [-0.1, -0.05) is 30.3 Å². The SMILES string of the molecule is COC(=O)c1c(C)oc(NC(=O)c2ccc3c(c2)C(=O)N(Cc2ccccc2)C3=O)c1C#N. The predicted octanol–water partition coefficient (Wildman–Crippen LogP) is 3.29. The van der Waals surface area contributed by atoms with Crippen LogP contribution in [0.5, 0.6) is 0 Å². The van der Waals surface area contributed by atoms with E-state index in [2.05, 4.69) is 10.1 Å². The van der Waals surface area contributed by atoms with Crippen LogP contribution < -0.4 is 5.32 Å². The van der Waals surface area contributed by atoms with Crippen LogP contribution in [0.15, 0.2) is 52.9 Å². The van der Waals surface area contributed by atoms with Crippen molar-refractivity contribution in [3.05, 3.63) is 87.7 Å². The summed E-state index contributed by atoms with van der Waals surface area (Å²) in [5.74, 6) is -2.50. The van der Waals surface area contributed by atoms with Gasteiger partial charge in [-0.25, -0.2) is 4.79 Å². The number of ether oxygens (including phenoxy) is 1. The zero-order chi connectivity index (χ0) is 23.7. The van der Waals surface area contributed by atoms with Gasteiger partial charge in [0.05, 0.1) is 24.8 Å². The molecule has 2 aromatic carbocycles. The second kappa shape index (κ2) is 8.43. The van der Waals surface area contributed by atoms with Gasteiger partial charge in [0.1, 0.15) is 23.0 Å². The summed E-state index contributed by atoms with van der Waals surface area (Å²) in [6.07, 6.45) is 0. The minimum atomic E-state index is -0.770. The first-order valence-electron chi connectivity index (χ1n) is 9.83. The number of benzene rings is 2. The number of imide groups is 1. The van der Waals surface area contributed by atoms with Crippen LogP contribution in [0.4, 0.5) is 5.88 Å². The number of hydrogen-bond donors (Lipinski definition) is 1. The molecular formula is C24H17N3O6. The Kier molecular flexibility index (Phi) is 5.50. The Balaban J connectivity index is 1.60. The molecule has 0 unspecified atom stereocenters. The number of rotatable bonds is 5. The van der Waals surface area contributed by atoms with E-state index in [1.54, 1.807) is 0 Å². The van der Waals surface area contributed by atoms with Crippen LogP contribution >= 0.6 is 0 Å². The van der Waals surface area contributed by atoms with E-state index in [4.69, 9.17) is 4.42 Å². The third kappa shape index (κ3) is 3.74. The topological polar surface area (TPSA) is 130 Å². The van der Waals surface area contributed by atoms with Crippen LogP contribution in [0.3, 0.4) is 0 Å². The summed E-state index contributed by atoms with van der Waals surface area (Å²) in [5.41, 5.74) is 0.926. The normalized spacial score (nSPS) is 12.3. The molecule has 9 nitrogen and oxygen atoms in total. The number of esters is 1. The molecule has 3 amide bonds. The standard InChI is InChI=1S/C24H17N3O6/c1-13-19(24(31)32-2)18(11-25)21(33-13)26-20(28)15-8-9-16-17(10-15)23(30)27(22(16)29)12-14-6-4-3-5-7-14/h3-10H,12H2,1-2H3,(H,26,28). The van der Waals surface area contributed by atoms with Crippen molar-refractivity contribution in [1.29, 1.82) is 5.26 Å². The molecule has 0 saturated carbocycles. The summed E-state index contributed by atoms with van der Waals surface area (Å²) in [5, 5.41) is 11.9. The van der Waals surface area contributed by atoms with E-state index in [1.165, 1.54) is 25.1 Å². The van der Waals surface area contributed by atoms with Crippen LogP contribution in [-0.2, 0) is 11.3 Å². The maximum absolute atomic E-state index is 12.9. The summed E-state index contributed by atoms with van der Waals surface area (Å²) in [7, 11) is 1.16. The Bertz CT molecular complexity index is 1350. The summed E-state index contributed by atoms with van der Waals surface area (Å²) in [6.45, 7) is 1.58. The van der Waals surface area contributed by atoms with E-state index < -0.39 is 23.7 Å². The summed E-state index contributed by atoms with van der Waals surface area (Å²) < 4.78 is 10.0. The van der Waals surface area contributed by atoms with Gasteiger partial charge < -0.3 is 9.15 Å². The molecule has 1 aliphatic heterocycles. The van der Waals surface area contributed by atoms with Crippen molar-refractivity contribution in [3.8, 4) is 6.07 Å². The molecule has 33 heavy (non-hydrogen) atoms. The van der Waals surface area contributed by atoms with E-state index in [0.29, 0.717) is 0 Å². The smallest absolute Gasteiger partial charge is 0.342 e. The number of amides is 3. The number of furan rings is 1. The fourth-order valence-corrected chi connectivity index (χ4v) is 3.60. The molecule has 1 aromatic heterocycles. The molecule has 2 heterocycles. The van der Waals surface area contributed by atoms with Crippen molar-refractivity contribution in [3.63, 3.8) is 0 Å². The van der Waals surface area contributed by atoms with Gasteiger partial charge in [0.2, 0.25) is 5.88 Å². The zero-order valence-corrected chi connectivity index (χ0v) is 17.7. The van der Waals surface area contributed by atoms with Crippen LogP contribution in [0, 0.1) is 18.3 Å². The van der Waals surface area contributed by atoms with Crippen molar-refractivity contribution in [1.82, 2.24) is 4.90 Å². The van der Waals surface area contributed by atoms with Crippen molar-refractivity contribution in [2.24, 2.45) is 0 Å². The van der Waals surface area contributed by atoms with E-state index in [1.807, 2.05) is 36.4 Å². The van der Waals surface area contributed by atoms with Gasteiger partial charge in [0.15, 0.2) is 0 Å². The largest absolute Gasteiger partial charge is 0.465 e. The highest BCUT2D eigenvalue weighted by Crippen LogP contribution is 2.29. The van der Waals surface area contributed by atoms with Gasteiger partial charge in [-0.2, -0.15) is 5.26 Å². The first-order valence-corrected chi connectivity index (χ1v) is 9.83. The first-order chi connectivity index (χ1) is 15.8. The number of nitrogens with one attached hydrogen (secondary N) is 1. The number of methoxy groups -OCH3 is 1. The van der Waals surface area contributed by atoms with E-state index in [0.717, 1.165) is 17.6 Å². The van der Waals surface area contributed by atoms with Gasteiger partial charge >= 0.3 is 5.97 Å². The lowest BCUT2D eigenvalue weighted by molar-refractivity contribution is 0.0595. The maximum atomic E-state index is 12.9. The highest BCUT2D eigenvalue weighted by Gasteiger charge is 2.36.